The average molecular weight is 455 g/mol. The lowest BCUT2D eigenvalue weighted by atomic mass is 9.86. The molecule has 2 aromatic heterocycles. The van der Waals surface area contributed by atoms with E-state index in [0.29, 0.717) is 19.6 Å². The van der Waals surface area contributed by atoms with Crippen molar-refractivity contribution in [1.29, 1.82) is 0 Å². The van der Waals surface area contributed by atoms with Gasteiger partial charge in [0.1, 0.15) is 16.3 Å². The molecule has 3 aromatic rings. The SMILES string of the molecule is COCCCOc1cc2c(cc1-c1nccs1)-c1cc(=O)c(C(=O)O)cn1C(C(C)C)C2. The van der Waals surface area contributed by atoms with Crippen molar-refractivity contribution in [3.05, 3.63) is 57.3 Å². The molecule has 1 aromatic carbocycles. The number of aromatic carboxylic acids is 1. The zero-order valence-electron chi connectivity index (χ0n) is 18.3. The molecular formula is C24H26N2O5S. The van der Waals surface area contributed by atoms with Gasteiger partial charge in [0.15, 0.2) is 5.43 Å². The Bertz CT molecular complexity index is 1180. The second-order valence-corrected chi connectivity index (χ2v) is 9.10. The minimum atomic E-state index is -1.21. The second-order valence-electron chi connectivity index (χ2n) is 8.20. The lowest BCUT2D eigenvalue weighted by Gasteiger charge is -2.34. The van der Waals surface area contributed by atoms with Crippen molar-refractivity contribution in [2.75, 3.05) is 20.3 Å². The highest BCUT2D eigenvalue weighted by atomic mass is 32.1. The smallest absolute Gasteiger partial charge is 0.341 e. The number of rotatable bonds is 8. The summed E-state index contributed by atoms with van der Waals surface area (Å²) in [5.41, 5.74) is 2.87. The standard InChI is InChI=1S/C24H26N2O5S/c1-14(2)19-9-15-10-22(31-7-4-6-30-3)17(23-25-5-8-32-23)11-16(15)20-12-21(27)18(24(28)29)13-26(19)20/h5,8,10-14,19H,4,6-7,9H2,1-3H3,(H,28,29). The van der Waals surface area contributed by atoms with Gasteiger partial charge in [0.25, 0.3) is 0 Å². The molecule has 0 fully saturated rings. The third kappa shape index (κ3) is 4.20. The highest BCUT2D eigenvalue weighted by molar-refractivity contribution is 7.13. The van der Waals surface area contributed by atoms with Crippen LogP contribution in [0.3, 0.4) is 0 Å². The lowest BCUT2D eigenvalue weighted by Crippen LogP contribution is -2.28. The van der Waals surface area contributed by atoms with Crippen molar-refractivity contribution in [2.45, 2.75) is 32.7 Å². The molecule has 0 aliphatic carbocycles. The van der Waals surface area contributed by atoms with Crippen LogP contribution in [0.25, 0.3) is 21.8 Å². The van der Waals surface area contributed by atoms with Crippen LogP contribution < -0.4 is 10.2 Å². The molecule has 0 radical (unpaired) electrons. The molecular weight excluding hydrogens is 428 g/mol. The molecule has 8 heteroatoms. The number of thiazole rings is 1. The van der Waals surface area contributed by atoms with Gasteiger partial charge in [0.2, 0.25) is 0 Å². The molecule has 0 amide bonds. The predicted octanol–water partition coefficient (Wildman–Crippen LogP) is 4.51. The zero-order valence-corrected chi connectivity index (χ0v) is 19.1. The van der Waals surface area contributed by atoms with Gasteiger partial charge in [-0.2, -0.15) is 0 Å². The van der Waals surface area contributed by atoms with E-state index in [0.717, 1.165) is 39.6 Å². The van der Waals surface area contributed by atoms with Crippen molar-refractivity contribution >= 4 is 17.3 Å². The summed E-state index contributed by atoms with van der Waals surface area (Å²) in [6, 6.07) is 5.54. The summed E-state index contributed by atoms with van der Waals surface area (Å²) < 4.78 is 13.2. The Balaban J connectivity index is 1.88. The molecule has 7 nitrogen and oxygen atoms in total. The van der Waals surface area contributed by atoms with E-state index < -0.39 is 11.4 Å². The number of benzene rings is 1. The summed E-state index contributed by atoms with van der Waals surface area (Å²) in [5, 5.41) is 12.2. The van der Waals surface area contributed by atoms with Gasteiger partial charge < -0.3 is 19.1 Å². The minimum absolute atomic E-state index is 0.0308. The van der Waals surface area contributed by atoms with E-state index in [9.17, 15) is 14.7 Å². The first-order valence-electron chi connectivity index (χ1n) is 10.6. The summed E-state index contributed by atoms with van der Waals surface area (Å²) in [6.07, 6.45) is 4.73. The van der Waals surface area contributed by atoms with Crippen molar-refractivity contribution < 1.29 is 19.4 Å². The first-order valence-corrected chi connectivity index (χ1v) is 11.5. The van der Waals surface area contributed by atoms with Crippen LogP contribution in [0.5, 0.6) is 5.75 Å². The Labute approximate surface area is 190 Å². The molecule has 1 N–H and O–H groups in total. The van der Waals surface area contributed by atoms with E-state index in [4.69, 9.17) is 9.47 Å². The van der Waals surface area contributed by atoms with Crippen molar-refractivity contribution in [3.8, 4) is 27.6 Å². The van der Waals surface area contributed by atoms with E-state index in [2.05, 4.69) is 18.8 Å². The predicted molar refractivity (Wildman–Crippen MR) is 124 cm³/mol. The highest BCUT2D eigenvalue weighted by Gasteiger charge is 2.29. The van der Waals surface area contributed by atoms with E-state index in [1.807, 2.05) is 22.1 Å². The lowest BCUT2D eigenvalue weighted by molar-refractivity contribution is 0.0694. The molecule has 32 heavy (non-hydrogen) atoms. The van der Waals surface area contributed by atoms with Gasteiger partial charge in [-0.1, -0.05) is 13.8 Å². The molecule has 0 saturated carbocycles. The van der Waals surface area contributed by atoms with Crippen LogP contribution in [0.1, 0.15) is 42.2 Å². The number of carboxylic acids is 1. The fraction of sp³-hybridized carbons (Fsp3) is 0.375. The highest BCUT2D eigenvalue weighted by Crippen LogP contribution is 2.43. The van der Waals surface area contributed by atoms with Gasteiger partial charge in [0.05, 0.1) is 17.9 Å². The Hall–Kier alpha value is -2.97. The van der Waals surface area contributed by atoms with Crippen LogP contribution >= 0.6 is 11.3 Å². The van der Waals surface area contributed by atoms with Crippen molar-refractivity contribution in [1.82, 2.24) is 9.55 Å². The third-order valence-corrected chi connectivity index (χ3v) is 6.57. The number of ether oxygens (including phenoxy) is 2. The van der Waals surface area contributed by atoms with E-state index in [-0.39, 0.29) is 17.5 Å². The number of aromatic nitrogens is 2. The number of hydrogen-bond acceptors (Lipinski definition) is 6. The maximum Gasteiger partial charge on any atom is 0.341 e. The van der Waals surface area contributed by atoms with Crippen LogP contribution in [0.2, 0.25) is 0 Å². The molecule has 3 heterocycles. The number of pyridine rings is 1. The van der Waals surface area contributed by atoms with Gasteiger partial charge >= 0.3 is 5.97 Å². The number of fused-ring (bicyclic) bond motifs is 3. The number of carbonyl (C=O) groups is 1. The number of carboxylic acid groups (broad SMARTS) is 1. The van der Waals surface area contributed by atoms with E-state index in [1.54, 1.807) is 13.3 Å². The number of hydrogen-bond donors (Lipinski definition) is 1. The topological polar surface area (TPSA) is 90.7 Å². The molecule has 0 bridgehead atoms. The van der Waals surface area contributed by atoms with Gasteiger partial charge in [0, 0.05) is 55.6 Å². The van der Waals surface area contributed by atoms with Crippen LogP contribution in [0, 0.1) is 5.92 Å². The molecule has 1 unspecified atom stereocenters. The second kappa shape index (κ2) is 9.26. The summed E-state index contributed by atoms with van der Waals surface area (Å²) in [6.45, 7) is 5.35. The normalized spacial score (nSPS) is 14.8. The zero-order chi connectivity index (χ0) is 22.8. The first kappa shape index (κ1) is 22.2. The summed E-state index contributed by atoms with van der Waals surface area (Å²) >= 11 is 1.52. The number of nitrogens with zero attached hydrogens (tertiary/aromatic N) is 2. The fourth-order valence-corrected chi connectivity index (χ4v) is 4.80. The van der Waals surface area contributed by atoms with Crippen LogP contribution in [-0.4, -0.2) is 41.0 Å². The molecule has 168 valence electrons. The summed E-state index contributed by atoms with van der Waals surface area (Å²) in [7, 11) is 1.67. The Morgan fingerprint density at radius 2 is 2.09 bits per heavy atom. The maximum absolute atomic E-state index is 12.6. The minimum Gasteiger partial charge on any atom is -0.493 e. The van der Waals surface area contributed by atoms with Crippen molar-refractivity contribution in [2.24, 2.45) is 5.92 Å². The van der Waals surface area contributed by atoms with E-state index in [1.165, 1.54) is 23.6 Å². The maximum atomic E-state index is 12.6. The van der Waals surface area contributed by atoms with Gasteiger partial charge in [-0.15, -0.1) is 11.3 Å². The largest absolute Gasteiger partial charge is 0.493 e. The molecule has 4 rings (SSSR count). The number of methoxy groups -OCH3 is 1. The van der Waals surface area contributed by atoms with Crippen LogP contribution in [-0.2, 0) is 11.2 Å². The summed E-state index contributed by atoms with van der Waals surface area (Å²) in [5.74, 6) is -0.201. The third-order valence-electron chi connectivity index (χ3n) is 5.76. The molecule has 0 spiro atoms. The monoisotopic (exact) mass is 454 g/mol. The Kier molecular flexibility index (Phi) is 6.43. The average Bonchev–Trinajstić information content (AvgIpc) is 3.29. The van der Waals surface area contributed by atoms with Gasteiger partial charge in [-0.05, 0) is 30.0 Å². The Morgan fingerprint density at radius 1 is 1.28 bits per heavy atom. The van der Waals surface area contributed by atoms with Gasteiger partial charge in [-0.3, -0.25) is 4.79 Å². The van der Waals surface area contributed by atoms with Crippen molar-refractivity contribution in [3.63, 3.8) is 0 Å². The van der Waals surface area contributed by atoms with Crippen LogP contribution in [0.4, 0.5) is 0 Å². The fourth-order valence-electron chi connectivity index (χ4n) is 4.14. The molecule has 0 saturated heterocycles. The quantitative estimate of drug-likeness (QED) is 0.504. The molecule has 1 aliphatic heterocycles. The van der Waals surface area contributed by atoms with Crippen LogP contribution in [0.15, 0.2) is 40.8 Å². The first-order chi connectivity index (χ1) is 15.4. The van der Waals surface area contributed by atoms with E-state index >= 15 is 0 Å². The molecule has 1 aliphatic rings. The van der Waals surface area contributed by atoms with Gasteiger partial charge in [-0.25, -0.2) is 9.78 Å². The summed E-state index contributed by atoms with van der Waals surface area (Å²) in [4.78, 5) is 28.6. The Morgan fingerprint density at radius 3 is 2.75 bits per heavy atom. The molecule has 1 atom stereocenters.